The second-order valence-corrected chi connectivity index (χ2v) is 7.02. The zero-order chi connectivity index (χ0) is 20.6. The number of carbonyl (C=O) groups is 3. The predicted octanol–water partition coefficient (Wildman–Crippen LogP) is 2.75. The number of nitrogens with zero attached hydrogens (tertiary/aromatic N) is 2. The van der Waals surface area contributed by atoms with Gasteiger partial charge in [-0.05, 0) is 43.7 Å². The van der Waals surface area contributed by atoms with Crippen molar-refractivity contribution in [3.63, 3.8) is 0 Å². The quantitative estimate of drug-likeness (QED) is 0.851. The Balaban J connectivity index is 1.69. The van der Waals surface area contributed by atoms with Gasteiger partial charge in [0.05, 0.1) is 12.5 Å². The van der Waals surface area contributed by atoms with Gasteiger partial charge in [-0.25, -0.2) is 9.18 Å². The normalized spacial score (nSPS) is 16.5. The lowest BCUT2D eigenvalue weighted by molar-refractivity contribution is -0.135. The van der Waals surface area contributed by atoms with Gasteiger partial charge in [0.2, 0.25) is 11.8 Å². The Morgan fingerprint density at radius 2 is 2.04 bits per heavy atom. The molecule has 1 N–H and O–H groups in total. The number of hydrogen-bond donors (Lipinski definition) is 1. The molecule has 7 nitrogen and oxygen atoms in total. The van der Waals surface area contributed by atoms with Gasteiger partial charge in [0.1, 0.15) is 22.9 Å². The van der Waals surface area contributed by atoms with Gasteiger partial charge in [0.25, 0.3) is 0 Å². The Bertz CT molecular complexity index is 952. The first-order valence-corrected chi connectivity index (χ1v) is 8.81. The van der Waals surface area contributed by atoms with Gasteiger partial charge in [0, 0.05) is 25.7 Å². The third-order valence-electron chi connectivity index (χ3n) is 4.90. The van der Waals surface area contributed by atoms with Crippen LogP contribution in [-0.4, -0.2) is 41.4 Å². The van der Waals surface area contributed by atoms with E-state index in [1.807, 2.05) is 0 Å². The number of benzene rings is 1. The standard InChI is InChI=1S/C20H21FN2O5/c1-11-6-14(4-5-17(11)21)23-9-13(7-18(23)24)19(25)22(3)10-15-8-16(20(26)27)12(2)28-15/h4-6,8,13H,7,9-10H2,1-3H3,(H,26,27). The van der Waals surface area contributed by atoms with Crippen molar-refractivity contribution in [2.24, 2.45) is 5.92 Å². The fourth-order valence-corrected chi connectivity index (χ4v) is 3.38. The number of halogens is 1. The van der Waals surface area contributed by atoms with Crippen molar-refractivity contribution in [3.8, 4) is 0 Å². The summed E-state index contributed by atoms with van der Waals surface area (Å²) in [5.41, 5.74) is 1.05. The van der Waals surface area contributed by atoms with Gasteiger partial charge in [-0.1, -0.05) is 0 Å². The molecule has 3 rings (SSSR count). The van der Waals surface area contributed by atoms with Crippen LogP contribution in [0.25, 0.3) is 0 Å². The molecule has 28 heavy (non-hydrogen) atoms. The van der Waals surface area contributed by atoms with Crippen LogP contribution in [0.3, 0.4) is 0 Å². The molecule has 2 amide bonds. The molecule has 0 bridgehead atoms. The molecule has 1 aromatic carbocycles. The topological polar surface area (TPSA) is 91.1 Å². The van der Waals surface area contributed by atoms with E-state index < -0.39 is 11.9 Å². The lowest BCUT2D eigenvalue weighted by atomic mass is 10.1. The lowest BCUT2D eigenvalue weighted by Gasteiger charge is -2.21. The van der Waals surface area contributed by atoms with Crippen molar-refractivity contribution in [2.75, 3.05) is 18.5 Å². The minimum absolute atomic E-state index is 0.0600. The first kappa shape index (κ1) is 19.6. The van der Waals surface area contributed by atoms with Gasteiger partial charge < -0.3 is 19.3 Å². The average molecular weight is 388 g/mol. The molecule has 1 unspecified atom stereocenters. The maximum atomic E-state index is 13.5. The summed E-state index contributed by atoms with van der Waals surface area (Å²) in [5, 5.41) is 9.09. The smallest absolute Gasteiger partial charge is 0.339 e. The Hall–Kier alpha value is -3.16. The number of aryl methyl sites for hydroxylation is 2. The van der Waals surface area contributed by atoms with Crippen LogP contribution in [0.5, 0.6) is 0 Å². The molecule has 8 heteroatoms. The third-order valence-corrected chi connectivity index (χ3v) is 4.90. The molecule has 1 saturated heterocycles. The highest BCUT2D eigenvalue weighted by Crippen LogP contribution is 2.28. The molecule has 1 aromatic heterocycles. The molecule has 0 aliphatic carbocycles. The van der Waals surface area contributed by atoms with E-state index in [0.29, 0.717) is 17.0 Å². The molecular weight excluding hydrogens is 367 g/mol. The fourth-order valence-electron chi connectivity index (χ4n) is 3.38. The number of anilines is 1. The van der Waals surface area contributed by atoms with Gasteiger partial charge in [-0.15, -0.1) is 0 Å². The summed E-state index contributed by atoms with van der Waals surface area (Å²) in [6, 6.07) is 5.81. The highest BCUT2D eigenvalue weighted by molar-refractivity contribution is 6.00. The maximum Gasteiger partial charge on any atom is 0.339 e. The summed E-state index contributed by atoms with van der Waals surface area (Å²) in [5.74, 6) is -1.76. The number of carboxylic acid groups (broad SMARTS) is 1. The summed E-state index contributed by atoms with van der Waals surface area (Å²) < 4.78 is 18.9. The van der Waals surface area contributed by atoms with Crippen molar-refractivity contribution >= 4 is 23.5 Å². The van der Waals surface area contributed by atoms with E-state index in [1.54, 1.807) is 27.0 Å². The monoisotopic (exact) mass is 388 g/mol. The largest absolute Gasteiger partial charge is 0.478 e. The molecule has 148 valence electrons. The van der Waals surface area contributed by atoms with Crippen LogP contribution in [0.1, 0.15) is 33.9 Å². The van der Waals surface area contributed by atoms with E-state index in [2.05, 4.69) is 0 Å². The molecule has 0 radical (unpaired) electrons. The van der Waals surface area contributed by atoms with Gasteiger partial charge in [-0.2, -0.15) is 0 Å². The van der Waals surface area contributed by atoms with Crippen LogP contribution < -0.4 is 4.90 Å². The summed E-state index contributed by atoms with van der Waals surface area (Å²) in [6.45, 7) is 3.48. The van der Waals surface area contributed by atoms with Crippen LogP contribution in [0.2, 0.25) is 0 Å². The van der Waals surface area contributed by atoms with Crippen LogP contribution in [0.4, 0.5) is 10.1 Å². The van der Waals surface area contributed by atoms with E-state index in [-0.39, 0.29) is 48.5 Å². The second kappa shape index (κ2) is 7.46. The molecule has 2 aromatic rings. The molecular formula is C20H21FN2O5. The number of hydrogen-bond acceptors (Lipinski definition) is 4. The maximum absolute atomic E-state index is 13.5. The van der Waals surface area contributed by atoms with E-state index >= 15 is 0 Å². The fraction of sp³-hybridized carbons (Fsp3) is 0.350. The number of amides is 2. The summed E-state index contributed by atoms with van der Waals surface area (Å²) >= 11 is 0. The van der Waals surface area contributed by atoms with Crippen molar-refractivity contribution in [3.05, 3.63) is 52.7 Å². The molecule has 0 spiro atoms. The lowest BCUT2D eigenvalue weighted by Crippen LogP contribution is -2.34. The Morgan fingerprint density at radius 3 is 2.64 bits per heavy atom. The van der Waals surface area contributed by atoms with E-state index in [1.165, 1.54) is 28.0 Å². The van der Waals surface area contributed by atoms with Crippen molar-refractivity contribution < 1.29 is 28.3 Å². The molecule has 1 aliphatic rings. The average Bonchev–Trinajstić information content (AvgIpc) is 3.19. The van der Waals surface area contributed by atoms with Crippen LogP contribution in [0.15, 0.2) is 28.7 Å². The summed E-state index contributed by atoms with van der Waals surface area (Å²) in [6.07, 6.45) is 0.0666. The minimum atomic E-state index is -1.09. The van der Waals surface area contributed by atoms with Crippen molar-refractivity contribution in [1.82, 2.24) is 4.90 Å². The summed E-state index contributed by atoms with van der Waals surface area (Å²) in [4.78, 5) is 39.1. The second-order valence-electron chi connectivity index (χ2n) is 7.02. The SMILES string of the molecule is Cc1cc(N2CC(C(=O)N(C)Cc3cc(C(=O)O)c(C)o3)CC2=O)ccc1F. The first-order valence-electron chi connectivity index (χ1n) is 8.81. The zero-order valence-electron chi connectivity index (χ0n) is 15.9. The van der Waals surface area contributed by atoms with Gasteiger partial charge in [0.15, 0.2) is 0 Å². The van der Waals surface area contributed by atoms with Gasteiger partial charge >= 0.3 is 5.97 Å². The number of rotatable bonds is 5. The Morgan fingerprint density at radius 1 is 1.32 bits per heavy atom. The van der Waals surface area contributed by atoms with E-state index in [9.17, 15) is 18.8 Å². The van der Waals surface area contributed by atoms with E-state index in [4.69, 9.17) is 9.52 Å². The van der Waals surface area contributed by atoms with E-state index in [0.717, 1.165) is 0 Å². The first-order chi connectivity index (χ1) is 13.2. The van der Waals surface area contributed by atoms with Crippen LogP contribution >= 0.6 is 0 Å². The van der Waals surface area contributed by atoms with Crippen molar-refractivity contribution in [1.29, 1.82) is 0 Å². The summed E-state index contributed by atoms with van der Waals surface area (Å²) in [7, 11) is 1.58. The molecule has 1 atom stereocenters. The minimum Gasteiger partial charge on any atom is -0.478 e. The molecule has 1 fully saturated rings. The number of carboxylic acids is 1. The highest BCUT2D eigenvalue weighted by Gasteiger charge is 2.36. The molecule has 1 aliphatic heterocycles. The van der Waals surface area contributed by atoms with Gasteiger partial charge in [-0.3, -0.25) is 9.59 Å². The van der Waals surface area contributed by atoms with Crippen LogP contribution in [0, 0.1) is 25.6 Å². The van der Waals surface area contributed by atoms with Crippen molar-refractivity contribution in [2.45, 2.75) is 26.8 Å². The highest BCUT2D eigenvalue weighted by atomic mass is 19.1. The molecule has 2 heterocycles. The Kier molecular flexibility index (Phi) is 5.22. The number of furan rings is 1. The zero-order valence-corrected chi connectivity index (χ0v) is 15.9. The molecule has 0 saturated carbocycles. The Labute approximate surface area is 161 Å². The van der Waals surface area contributed by atoms with Crippen LogP contribution in [-0.2, 0) is 16.1 Å². The number of carbonyl (C=O) groups excluding carboxylic acids is 2. The predicted molar refractivity (Wildman–Crippen MR) is 98.5 cm³/mol. The number of aromatic carboxylic acids is 1. The third kappa shape index (κ3) is 3.76.